The van der Waals surface area contributed by atoms with Crippen LogP contribution in [0.4, 0.5) is 0 Å². The Labute approximate surface area is 275 Å². The second-order valence-electron chi connectivity index (χ2n) is 12.9. The maximum absolute atomic E-state index is 13.4. The Hall–Kier alpha value is -2.80. The van der Waals surface area contributed by atoms with Crippen LogP contribution >= 0.6 is 0 Å². The monoisotopic (exact) mass is 674 g/mol. The molecule has 4 rings (SSSR count). The first kappa shape index (κ1) is 36.0. The molecule has 12 heteroatoms. The van der Waals surface area contributed by atoms with Crippen molar-refractivity contribution < 1.29 is 26.4 Å². The summed E-state index contributed by atoms with van der Waals surface area (Å²) >= 11 is 0. The van der Waals surface area contributed by atoms with E-state index < -0.39 is 25.1 Å². The fraction of sp³-hybridized carbons (Fsp3) is 0.588. The van der Waals surface area contributed by atoms with Crippen molar-refractivity contribution in [3.63, 3.8) is 0 Å². The minimum Gasteiger partial charge on any atom is -0.349 e. The van der Waals surface area contributed by atoms with Gasteiger partial charge in [-0.2, -0.15) is 0 Å². The highest BCUT2D eigenvalue weighted by Gasteiger charge is 2.34. The third-order valence-corrected chi connectivity index (χ3v) is 12.8. The molecule has 2 heterocycles. The Bertz CT molecular complexity index is 1510. The number of benzene rings is 2. The van der Waals surface area contributed by atoms with Crippen molar-refractivity contribution in [2.75, 3.05) is 45.5 Å². The number of likely N-dealkylation sites (N-methyl/N-ethyl adjacent to an activating group) is 1. The fourth-order valence-electron chi connectivity index (χ4n) is 6.50. The first-order valence-corrected chi connectivity index (χ1v) is 19.8. The Morgan fingerprint density at radius 3 is 2.04 bits per heavy atom. The number of amides is 2. The van der Waals surface area contributed by atoms with Crippen molar-refractivity contribution >= 4 is 31.7 Å². The van der Waals surface area contributed by atoms with Gasteiger partial charge in [0.05, 0.1) is 22.6 Å². The molecular weight excluding hydrogens is 625 g/mol. The zero-order valence-corrected chi connectivity index (χ0v) is 29.2. The van der Waals surface area contributed by atoms with Gasteiger partial charge in [-0.1, -0.05) is 42.5 Å². The molecule has 0 radical (unpaired) electrons. The summed E-state index contributed by atoms with van der Waals surface area (Å²) in [6, 6.07) is 16.5. The summed E-state index contributed by atoms with van der Waals surface area (Å²) in [5, 5.41) is 2.82. The van der Waals surface area contributed by atoms with E-state index in [9.17, 15) is 26.4 Å². The van der Waals surface area contributed by atoms with Crippen LogP contribution in [0.2, 0.25) is 0 Å². The van der Waals surface area contributed by atoms with Crippen molar-refractivity contribution in [2.45, 2.75) is 81.5 Å². The van der Waals surface area contributed by atoms with Crippen LogP contribution in [0.3, 0.4) is 0 Å². The lowest BCUT2D eigenvalue weighted by Crippen LogP contribution is -2.48. The lowest BCUT2D eigenvalue weighted by molar-refractivity contribution is -0.133. The number of hydrogen-bond acceptors (Lipinski definition) is 7. The van der Waals surface area contributed by atoms with Gasteiger partial charge in [-0.05, 0) is 76.1 Å². The number of nitrogens with one attached hydrogen (secondary N) is 1. The van der Waals surface area contributed by atoms with E-state index in [-0.39, 0.29) is 41.1 Å². The van der Waals surface area contributed by atoms with Gasteiger partial charge >= 0.3 is 0 Å². The van der Waals surface area contributed by atoms with Crippen LogP contribution < -0.4 is 5.32 Å². The number of sulfonamides is 1. The predicted octanol–water partition coefficient (Wildman–Crippen LogP) is 3.64. The van der Waals surface area contributed by atoms with Gasteiger partial charge in [-0.3, -0.25) is 9.59 Å². The Kier molecular flexibility index (Phi) is 12.4. The van der Waals surface area contributed by atoms with Crippen LogP contribution in [0.25, 0.3) is 0 Å². The van der Waals surface area contributed by atoms with Gasteiger partial charge < -0.3 is 15.1 Å². The van der Waals surface area contributed by atoms with E-state index >= 15 is 0 Å². The average Bonchev–Trinajstić information content (AvgIpc) is 3.04. The van der Waals surface area contributed by atoms with Crippen molar-refractivity contribution in [1.82, 2.24) is 19.4 Å². The molecule has 2 saturated heterocycles. The molecule has 254 valence electrons. The van der Waals surface area contributed by atoms with Gasteiger partial charge in [-0.15, -0.1) is 0 Å². The molecule has 10 nitrogen and oxygen atoms in total. The molecule has 2 aromatic carbocycles. The van der Waals surface area contributed by atoms with E-state index in [0.29, 0.717) is 32.5 Å². The molecule has 1 atom stereocenters. The van der Waals surface area contributed by atoms with E-state index in [1.54, 1.807) is 38.1 Å². The number of rotatable bonds is 13. The van der Waals surface area contributed by atoms with Crippen LogP contribution in [0.5, 0.6) is 0 Å². The quantitative estimate of drug-likeness (QED) is 0.344. The number of piperidine rings is 2. The van der Waals surface area contributed by atoms with Gasteiger partial charge in [0.2, 0.25) is 21.8 Å². The number of hydrogen-bond donors (Lipinski definition) is 1. The molecule has 0 spiro atoms. The van der Waals surface area contributed by atoms with E-state index in [2.05, 4.69) is 10.2 Å². The van der Waals surface area contributed by atoms with Gasteiger partial charge in [0.15, 0.2) is 9.84 Å². The van der Waals surface area contributed by atoms with Crippen LogP contribution in [0, 0.1) is 5.92 Å². The highest BCUT2D eigenvalue weighted by molar-refractivity contribution is 7.90. The molecular formula is C34H50N4O6S2. The molecule has 2 aromatic rings. The molecule has 0 bridgehead atoms. The highest BCUT2D eigenvalue weighted by atomic mass is 32.2. The molecule has 2 amide bonds. The van der Waals surface area contributed by atoms with Crippen molar-refractivity contribution in [2.24, 2.45) is 5.92 Å². The molecule has 0 unspecified atom stereocenters. The van der Waals surface area contributed by atoms with Crippen LogP contribution in [-0.4, -0.2) is 99.6 Å². The number of carbonyl (C=O) groups excluding carboxylic acids is 2. The van der Waals surface area contributed by atoms with Gasteiger partial charge in [0, 0.05) is 57.5 Å². The van der Waals surface area contributed by atoms with E-state index in [1.807, 2.05) is 42.2 Å². The lowest BCUT2D eigenvalue weighted by Gasteiger charge is -2.39. The first-order valence-electron chi connectivity index (χ1n) is 16.4. The number of nitrogens with zero attached hydrogens (tertiary/aromatic N) is 3. The summed E-state index contributed by atoms with van der Waals surface area (Å²) in [5.74, 6) is -0.180. The summed E-state index contributed by atoms with van der Waals surface area (Å²) in [5.41, 5.74) is 1.85. The topological polar surface area (TPSA) is 124 Å². The summed E-state index contributed by atoms with van der Waals surface area (Å²) in [4.78, 5) is 31.2. The summed E-state index contributed by atoms with van der Waals surface area (Å²) in [7, 11) is -6.59. The van der Waals surface area contributed by atoms with Crippen molar-refractivity contribution in [1.29, 1.82) is 0 Å². The molecule has 0 aliphatic carbocycles. The van der Waals surface area contributed by atoms with Gasteiger partial charge in [-0.25, -0.2) is 21.1 Å². The Morgan fingerprint density at radius 1 is 0.891 bits per heavy atom. The zero-order chi connectivity index (χ0) is 33.5. The maximum Gasteiger partial charge on any atom is 0.227 e. The molecule has 2 aliphatic rings. The number of likely N-dealkylation sites (tertiary alicyclic amines) is 1. The first-order chi connectivity index (χ1) is 21.8. The second-order valence-corrected chi connectivity index (χ2v) is 17.4. The largest absolute Gasteiger partial charge is 0.349 e. The molecule has 2 fully saturated rings. The number of carbonyl (C=O) groups is 2. The molecule has 1 N–H and O–H groups in total. The molecule has 46 heavy (non-hydrogen) atoms. The van der Waals surface area contributed by atoms with Crippen LogP contribution in [0.15, 0.2) is 59.5 Å². The standard InChI is InChI=1S/C34H50N4O6S2/c1-5-38(33(39)25-27-11-13-31(14-12-27)45(4,41)42)30-17-20-36(21-18-30)22-19-32(28-9-7-6-8-10-28)35-34(40)29-15-23-37(24-16-29)46(43,44)26(2)3/h6-14,26,29-30,32H,5,15-25H2,1-4H3,(H,35,40)/t32-/m0/s1. The normalized spacial score (nSPS) is 18.4. The minimum absolute atomic E-state index is 0.0165. The van der Waals surface area contributed by atoms with Crippen molar-refractivity contribution in [3.05, 3.63) is 65.7 Å². The van der Waals surface area contributed by atoms with Crippen molar-refractivity contribution in [3.8, 4) is 0 Å². The fourth-order valence-corrected chi connectivity index (χ4v) is 8.45. The molecule has 0 saturated carbocycles. The van der Waals surface area contributed by atoms with E-state index in [0.717, 1.165) is 50.0 Å². The SMILES string of the molecule is CCN(C(=O)Cc1ccc(S(C)(=O)=O)cc1)C1CCN(CC[C@H](NC(=O)C2CCN(S(=O)(=O)C(C)C)CC2)c2ccccc2)CC1. The summed E-state index contributed by atoms with van der Waals surface area (Å²) < 4.78 is 50.2. The summed E-state index contributed by atoms with van der Waals surface area (Å²) in [6.07, 6.45) is 4.94. The van der Waals surface area contributed by atoms with Gasteiger partial charge in [0.25, 0.3) is 0 Å². The number of sulfone groups is 1. The van der Waals surface area contributed by atoms with Gasteiger partial charge in [0.1, 0.15) is 0 Å². The maximum atomic E-state index is 13.4. The molecule has 0 aromatic heterocycles. The third-order valence-electron chi connectivity index (χ3n) is 9.40. The third kappa shape index (κ3) is 9.39. The average molecular weight is 675 g/mol. The smallest absolute Gasteiger partial charge is 0.227 e. The lowest BCUT2D eigenvalue weighted by atomic mass is 9.95. The van der Waals surface area contributed by atoms with Crippen LogP contribution in [-0.2, 0) is 35.9 Å². The minimum atomic E-state index is -3.32. The molecule has 2 aliphatic heterocycles. The zero-order valence-electron chi connectivity index (χ0n) is 27.6. The summed E-state index contributed by atoms with van der Waals surface area (Å²) in [6.45, 7) is 9.26. The van der Waals surface area contributed by atoms with E-state index in [4.69, 9.17) is 0 Å². The highest BCUT2D eigenvalue weighted by Crippen LogP contribution is 2.25. The van der Waals surface area contributed by atoms with E-state index in [1.165, 1.54) is 10.6 Å². The Morgan fingerprint density at radius 2 is 1.50 bits per heavy atom. The Balaban J connectivity index is 1.29. The second kappa shape index (κ2) is 15.9. The van der Waals surface area contributed by atoms with Crippen LogP contribution in [0.1, 0.15) is 70.0 Å². The predicted molar refractivity (Wildman–Crippen MR) is 180 cm³/mol.